The molecule has 24 heavy (non-hydrogen) atoms. The standard InChI is InChI=1S/C19H27N3O2/c1-14-8-11-22(12-9-14)13-10-18(23)21-17-5-3-2-4-16(17)19(24)20-15-6-7-15/h2-5,14-15H,6-13H2,1H3,(H,20,24)(H,21,23). The molecule has 0 atom stereocenters. The molecule has 0 bridgehead atoms. The molecule has 0 aromatic heterocycles. The van der Waals surface area contributed by atoms with Gasteiger partial charge in [-0.3, -0.25) is 9.59 Å². The van der Waals surface area contributed by atoms with Gasteiger partial charge in [-0.1, -0.05) is 19.1 Å². The molecule has 1 saturated carbocycles. The van der Waals surface area contributed by atoms with Crippen LogP contribution in [0.15, 0.2) is 24.3 Å². The van der Waals surface area contributed by atoms with Gasteiger partial charge in [0.2, 0.25) is 5.91 Å². The molecule has 1 aromatic carbocycles. The molecule has 3 rings (SSSR count). The highest BCUT2D eigenvalue weighted by atomic mass is 16.2. The van der Waals surface area contributed by atoms with Gasteiger partial charge in [0, 0.05) is 19.0 Å². The van der Waals surface area contributed by atoms with Gasteiger partial charge < -0.3 is 15.5 Å². The van der Waals surface area contributed by atoms with E-state index in [4.69, 9.17) is 0 Å². The third kappa shape index (κ3) is 4.81. The zero-order valence-electron chi connectivity index (χ0n) is 14.4. The van der Waals surface area contributed by atoms with Crippen LogP contribution in [-0.4, -0.2) is 42.4 Å². The van der Waals surface area contributed by atoms with Gasteiger partial charge in [-0.2, -0.15) is 0 Å². The van der Waals surface area contributed by atoms with E-state index in [-0.39, 0.29) is 11.8 Å². The minimum atomic E-state index is -0.0987. The lowest BCUT2D eigenvalue weighted by molar-refractivity contribution is -0.116. The number of carbonyl (C=O) groups excluding carboxylic acids is 2. The number of nitrogens with one attached hydrogen (secondary N) is 2. The first-order valence-corrected chi connectivity index (χ1v) is 9.04. The summed E-state index contributed by atoms with van der Waals surface area (Å²) in [4.78, 5) is 26.9. The summed E-state index contributed by atoms with van der Waals surface area (Å²) in [5.74, 6) is 0.672. The minimum absolute atomic E-state index is 0.0275. The molecule has 2 N–H and O–H groups in total. The number of hydrogen-bond acceptors (Lipinski definition) is 3. The molecule has 130 valence electrons. The van der Waals surface area contributed by atoms with Gasteiger partial charge in [0.15, 0.2) is 0 Å². The summed E-state index contributed by atoms with van der Waals surface area (Å²) < 4.78 is 0. The second-order valence-corrected chi connectivity index (χ2v) is 7.12. The molecule has 1 aliphatic carbocycles. The number of para-hydroxylation sites is 1. The number of rotatable bonds is 6. The SMILES string of the molecule is CC1CCN(CCC(=O)Nc2ccccc2C(=O)NC2CC2)CC1. The molecule has 1 aromatic rings. The molecule has 5 nitrogen and oxygen atoms in total. The van der Waals surface area contributed by atoms with Crippen LogP contribution in [0.25, 0.3) is 0 Å². The number of anilines is 1. The number of amides is 2. The van der Waals surface area contributed by atoms with Gasteiger partial charge >= 0.3 is 0 Å². The molecular weight excluding hydrogens is 302 g/mol. The van der Waals surface area contributed by atoms with Crippen molar-refractivity contribution in [2.45, 2.75) is 45.1 Å². The lowest BCUT2D eigenvalue weighted by Gasteiger charge is -2.29. The summed E-state index contributed by atoms with van der Waals surface area (Å²) in [7, 11) is 0. The zero-order valence-corrected chi connectivity index (χ0v) is 14.4. The Labute approximate surface area is 143 Å². The second kappa shape index (κ2) is 7.79. The number of carbonyl (C=O) groups is 2. The van der Waals surface area contributed by atoms with E-state index >= 15 is 0 Å². The predicted molar refractivity (Wildman–Crippen MR) is 95.0 cm³/mol. The van der Waals surface area contributed by atoms with E-state index in [1.54, 1.807) is 12.1 Å². The van der Waals surface area contributed by atoms with Gasteiger partial charge in [-0.25, -0.2) is 0 Å². The van der Waals surface area contributed by atoms with E-state index in [2.05, 4.69) is 22.5 Å². The Hall–Kier alpha value is -1.88. The summed E-state index contributed by atoms with van der Waals surface area (Å²) in [5.41, 5.74) is 1.15. The lowest BCUT2D eigenvalue weighted by Crippen LogP contribution is -2.35. The van der Waals surface area contributed by atoms with Gasteiger partial charge in [0.25, 0.3) is 5.91 Å². The molecule has 0 radical (unpaired) electrons. The van der Waals surface area contributed by atoms with E-state index in [1.165, 1.54) is 12.8 Å². The third-order valence-corrected chi connectivity index (χ3v) is 4.89. The number of nitrogens with zero attached hydrogens (tertiary/aromatic N) is 1. The van der Waals surface area contributed by atoms with Crippen LogP contribution >= 0.6 is 0 Å². The average Bonchev–Trinajstić information content (AvgIpc) is 3.39. The van der Waals surface area contributed by atoms with E-state index < -0.39 is 0 Å². The van der Waals surface area contributed by atoms with E-state index in [0.717, 1.165) is 38.4 Å². The fraction of sp³-hybridized carbons (Fsp3) is 0.579. The lowest BCUT2D eigenvalue weighted by atomic mass is 9.99. The molecular formula is C19H27N3O2. The van der Waals surface area contributed by atoms with Crippen molar-refractivity contribution in [2.75, 3.05) is 25.0 Å². The van der Waals surface area contributed by atoms with Crippen LogP contribution in [0.3, 0.4) is 0 Å². The van der Waals surface area contributed by atoms with Gasteiger partial charge in [-0.15, -0.1) is 0 Å². The third-order valence-electron chi connectivity index (χ3n) is 4.89. The number of likely N-dealkylation sites (tertiary alicyclic amines) is 1. The Kier molecular flexibility index (Phi) is 5.51. The van der Waals surface area contributed by atoms with Crippen molar-refractivity contribution in [3.05, 3.63) is 29.8 Å². The van der Waals surface area contributed by atoms with Crippen molar-refractivity contribution in [1.82, 2.24) is 10.2 Å². The van der Waals surface area contributed by atoms with E-state index in [0.29, 0.717) is 23.7 Å². The summed E-state index contributed by atoms with van der Waals surface area (Å²) in [6.45, 7) is 5.23. The first-order chi connectivity index (χ1) is 11.6. The Morgan fingerprint density at radius 1 is 1.12 bits per heavy atom. The highest BCUT2D eigenvalue weighted by Gasteiger charge is 2.25. The first-order valence-electron chi connectivity index (χ1n) is 9.04. The Bertz CT molecular complexity index is 590. The molecule has 0 spiro atoms. The molecule has 1 aliphatic heterocycles. The predicted octanol–water partition coefficient (Wildman–Crippen LogP) is 2.64. The molecule has 2 fully saturated rings. The van der Waals surface area contributed by atoms with Gasteiger partial charge in [0.05, 0.1) is 11.3 Å². The van der Waals surface area contributed by atoms with Crippen molar-refractivity contribution in [3.63, 3.8) is 0 Å². The molecule has 1 heterocycles. The zero-order chi connectivity index (χ0) is 16.9. The molecule has 0 unspecified atom stereocenters. The minimum Gasteiger partial charge on any atom is -0.349 e. The highest BCUT2D eigenvalue weighted by molar-refractivity contribution is 6.03. The number of benzene rings is 1. The highest BCUT2D eigenvalue weighted by Crippen LogP contribution is 2.22. The van der Waals surface area contributed by atoms with Crippen LogP contribution in [0.2, 0.25) is 0 Å². The summed E-state index contributed by atoms with van der Waals surface area (Å²) >= 11 is 0. The number of piperidine rings is 1. The Morgan fingerprint density at radius 3 is 2.54 bits per heavy atom. The maximum atomic E-state index is 12.3. The normalized spacial score (nSPS) is 19.0. The van der Waals surface area contributed by atoms with Crippen molar-refractivity contribution in [2.24, 2.45) is 5.92 Å². The van der Waals surface area contributed by atoms with Crippen molar-refractivity contribution in [1.29, 1.82) is 0 Å². The summed E-state index contributed by atoms with van der Waals surface area (Å²) in [5, 5.41) is 5.88. The Balaban J connectivity index is 1.51. The molecule has 5 heteroatoms. The smallest absolute Gasteiger partial charge is 0.253 e. The van der Waals surface area contributed by atoms with Crippen molar-refractivity contribution in [3.8, 4) is 0 Å². The maximum absolute atomic E-state index is 12.3. The topological polar surface area (TPSA) is 61.4 Å². The summed E-state index contributed by atoms with van der Waals surface area (Å²) in [6, 6.07) is 7.53. The van der Waals surface area contributed by atoms with Crippen LogP contribution in [-0.2, 0) is 4.79 Å². The average molecular weight is 329 g/mol. The molecule has 2 aliphatic rings. The molecule has 1 saturated heterocycles. The van der Waals surface area contributed by atoms with Crippen molar-refractivity contribution >= 4 is 17.5 Å². The first kappa shape index (κ1) is 17.0. The fourth-order valence-corrected chi connectivity index (χ4v) is 3.04. The number of hydrogen-bond donors (Lipinski definition) is 2. The van der Waals surface area contributed by atoms with Gasteiger partial charge in [-0.05, 0) is 56.8 Å². The van der Waals surface area contributed by atoms with Crippen molar-refractivity contribution < 1.29 is 9.59 Å². The largest absolute Gasteiger partial charge is 0.349 e. The van der Waals surface area contributed by atoms with Crippen LogP contribution in [0.5, 0.6) is 0 Å². The van der Waals surface area contributed by atoms with Gasteiger partial charge in [0.1, 0.15) is 0 Å². The Morgan fingerprint density at radius 2 is 1.83 bits per heavy atom. The van der Waals surface area contributed by atoms with Crippen LogP contribution in [0, 0.1) is 5.92 Å². The monoisotopic (exact) mass is 329 g/mol. The van der Waals surface area contributed by atoms with E-state index in [9.17, 15) is 9.59 Å². The summed E-state index contributed by atoms with van der Waals surface area (Å²) in [6.07, 6.45) is 4.99. The quantitative estimate of drug-likeness (QED) is 0.843. The van der Waals surface area contributed by atoms with Crippen LogP contribution in [0.1, 0.15) is 49.4 Å². The maximum Gasteiger partial charge on any atom is 0.253 e. The molecule has 2 amide bonds. The van der Waals surface area contributed by atoms with Crippen LogP contribution < -0.4 is 10.6 Å². The van der Waals surface area contributed by atoms with Crippen LogP contribution in [0.4, 0.5) is 5.69 Å². The van der Waals surface area contributed by atoms with E-state index in [1.807, 2.05) is 12.1 Å². The second-order valence-electron chi connectivity index (χ2n) is 7.12. The fourth-order valence-electron chi connectivity index (χ4n) is 3.04.